The molecular formula is C26H32ClF2N3O3. The van der Waals surface area contributed by atoms with E-state index >= 15 is 0 Å². The first kappa shape index (κ1) is 28.2. The van der Waals surface area contributed by atoms with Crippen molar-refractivity contribution < 1.29 is 23.0 Å². The number of pyridine rings is 2. The summed E-state index contributed by atoms with van der Waals surface area (Å²) in [6.45, 7) is 12.3. The maximum absolute atomic E-state index is 14.3. The number of hydrogen-bond acceptors (Lipinski definition) is 5. The van der Waals surface area contributed by atoms with Crippen LogP contribution in [0, 0.1) is 23.5 Å². The van der Waals surface area contributed by atoms with Crippen molar-refractivity contribution in [2.24, 2.45) is 17.6 Å². The topological polar surface area (TPSA) is 87.3 Å². The third-order valence-electron chi connectivity index (χ3n) is 4.66. The van der Waals surface area contributed by atoms with Gasteiger partial charge in [-0.2, -0.15) is 0 Å². The van der Waals surface area contributed by atoms with Crippen LogP contribution >= 0.6 is 11.6 Å². The summed E-state index contributed by atoms with van der Waals surface area (Å²) < 4.78 is 38.1. The van der Waals surface area contributed by atoms with Gasteiger partial charge in [-0.05, 0) is 56.7 Å². The minimum Gasteiger partial charge on any atom is -0.476 e. The van der Waals surface area contributed by atoms with Crippen molar-refractivity contribution >= 4 is 28.6 Å². The molecule has 0 saturated heterocycles. The molecule has 0 saturated carbocycles. The van der Waals surface area contributed by atoms with E-state index < -0.39 is 23.3 Å². The number of aromatic nitrogens is 2. The largest absolute Gasteiger partial charge is 0.476 e. The molecule has 0 aliphatic rings. The third kappa shape index (κ3) is 8.94. The molecule has 0 aliphatic carbocycles. The summed E-state index contributed by atoms with van der Waals surface area (Å²) in [6, 6.07) is 5.37. The highest BCUT2D eigenvalue weighted by Crippen LogP contribution is 2.33. The Kier molecular flexibility index (Phi) is 9.77. The minimum absolute atomic E-state index is 0.232. The molecule has 1 aromatic carbocycles. The molecule has 1 atom stereocenters. The Morgan fingerprint density at radius 3 is 2.37 bits per heavy atom. The molecule has 190 valence electrons. The number of ether oxygens (including phenoxy) is 2. The number of nitrogens with two attached hydrogens (primary N) is 1. The molecule has 3 rings (SSSR count). The van der Waals surface area contributed by atoms with Crippen LogP contribution in [0.1, 0.15) is 48.0 Å². The van der Waals surface area contributed by atoms with Crippen molar-refractivity contribution in [2.45, 2.75) is 53.6 Å². The van der Waals surface area contributed by atoms with E-state index in [4.69, 9.17) is 22.1 Å². The van der Waals surface area contributed by atoms with Crippen LogP contribution < -0.4 is 10.5 Å². The zero-order chi connectivity index (χ0) is 26.3. The molecule has 0 fully saturated rings. The summed E-state index contributed by atoms with van der Waals surface area (Å²) in [5.74, 6) is -0.0159. The van der Waals surface area contributed by atoms with Gasteiger partial charge < -0.3 is 15.2 Å². The van der Waals surface area contributed by atoms with Crippen molar-refractivity contribution in [1.82, 2.24) is 9.97 Å². The van der Waals surface area contributed by atoms with Crippen molar-refractivity contribution in [3.63, 3.8) is 0 Å². The lowest BCUT2D eigenvalue weighted by Gasteiger charge is -2.16. The quantitative estimate of drug-likeness (QED) is 0.382. The zero-order valence-electron chi connectivity index (χ0n) is 20.9. The SMILES string of the molecule is CC(C)(C)OC(N)=O.CC(C)CC(C)COc1ncc(-c2ccnc3cc(F)cc(F)c23)cc1Cl. The fourth-order valence-corrected chi connectivity index (χ4v) is 3.74. The molecule has 35 heavy (non-hydrogen) atoms. The second kappa shape index (κ2) is 12.1. The van der Waals surface area contributed by atoms with Gasteiger partial charge >= 0.3 is 6.09 Å². The Balaban J connectivity index is 0.000000466. The summed E-state index contributed by atoms with van der Waals surface area (Å²) in [6.07, 6.45) is 3.40. The first-order valence-electron chi connectivity index (χ1n) is 11.3. The summed E-state index contributed by atoms with van der Waals surface area (Å²) in [5.41, 5.74) is 5.66. The summed E-state index contributed by atoms with van der Waals surface area (Å²) >= 11 is 6.33. The Morgan fingerprint density at radius 2 is 1.83 bits per heavy atom. The van der Waals surface area contributed by atoms with E-state index in [0.717, 1.165) is 12.5 Å². The molecule has 6 nitrogen and oxygen atoms in total. The molecule has 0 spiro atoms. The van der Waals surface area contributed by atoms with Gasteiger partial charge in [0.2, 0.25) is 5.88 Å². The number of fused-ring (bicyclic) bond motifs is 1. The molecule has 0 aliphatic heterocycles. The van der Waals surface area contributed by atoms with Gasteiger partial charge in [-0.15, -0.1) is 0 Å². The Labute approximate surface area is 209 Å². The van der Waals surface area contributed by atoms with Gasteiger partial charge in [0.15, 0.2) is 0 Å². The van der Waals surface area contributed by atoms with E-state index in [9.17, 15) is 13.6 Å². The number of benzene rings is 1. The standard InChI is InChI=1S/C21H21ClF2N2O.C5H11NO2/c1-12(2)6-13(3)11-27-21-17(22)7-14(10-26-21)16-4-5-25-19-9-15(23)8-18(24)20(16)19;1-5(2,3)8-4(6)7/h4-5,7-10,12-13H,6,11H2,1-3H3;1-3H3,(H2,6,7). The van der Waals surface area contributed by atoms with E-state index in [1.807, 2.05) is 0 Å². The maximum Gasteiger partial charge on any atom is 0.405 e. The number of nitrogens with zero attached hydrogens (tertiary/aromatic N) is 2. The molecule has 0 radical (unpaired) electrons. The molecule has 9 heteroatoms. The van der Waals surface area contributed by atoms with E-state index in [0.29, 0.717) is 40.5 Å². The van der Waals surface area contributed by atoms with Crippen LogP contribution in [-0.2, 0) is 4.74 Å². The highest BCUT2D eigenvalue weighted by molar-refractivity contribution is 6.32. The van der Waals surface area contributed by atoms with Gasteiger partial charge in [0.05, 0.1) is 12.1 Å². The molecule has 0 bridgehead atoms. The second-order valence-electron chi connectivity index (χ2n) is 9.73. The van der Waals surface area contributed by atoms with Crippen LogP contribution in [0.3, 0.4) is 0 Å². The summed E-state index contributed by atoms with van der Waals surface area (Å²) in [7, 11) is 0. The molecule has 1 unspecified atom stereocenters. The molecule has 1 amide bonds. The van der Waals surface area contributed by atoms with Crippen LogP contribution in [0.15, 0.2) is 36.7 Å². The van der Waals surface area contributed by atoms with Gasteiger partial charge in [-0.3, -0.25) is 4.98 Å². The lowest BCUT2D eigenvalue weighted by Crippen LogP contribution is -2.27. The smallest absolute Gasteiger partial charge is 0.405 e. The van der Waals surface area contributed by atoms with Gasteiger partial charge in [-0.25, -0.2) is 18.6 Å². The fraction of sp³-hybridized carbons (Fsp3) is 0.423. The third-order valence-corrected chi connectivity index (χ3v) is 4.93. The minimum atomic E-state index is -0.725. The molecule has 3 aromatic rings. The molecule has 2 aromatic heterocycles. The number of amides is 1. The first-order chi connectivity index (χ1) is 16.3. The fourth-order valence-electron chi connectivity index (χ4n) is 3.52. The number of halogens is 3. The number of hydrogen-bond donors (Lipinski definition) is 1. The van der Waals surface area contributed by atoms with Crippen LogP contribution in [-0.4, -0.2) is 28.3 Å². The zero-order valence-corrected chi connectivity index (χ0v) is 21.6. The van der Waals surface area contributed by atoms with Crippen LogP contribution in [0.25, 0.3) is 22.0 Å². The summed E-state index contributed by atoms with van der Waals surface area (Å²) in [5, 5.41) is 0.577. The van der Waals surface area contributed by atoms with Gasteiger partial charge in [0.25, 0.3) is 0 Å². The van der Waals surface area contributed by atoms with Crippen LogP contribution in [0.2, 0.25) is 5.02 Å². The Morgan fingerprint density at radius 1 is 1.14 bits per heavy atom. The van der Waals surface area contributed by atoms with Crippen molar-refractivity contribution in [2.75, 3.05) is 6.61 Å². The monoisotopic (exact) mass is 507 g/mol. The molecular weight excluding hydrogens is 476 g/mol. The average molecular weight is 508 g/mol. The lowest BCUT2D eigenvalue weighted by molar-refractivity contribution is 0.0600. The predicted octanol–water partition coefficient (Wildman–Crippen LogP) is 7.17. The van der Waals surface area contributed by atoms with Crippen LogP contribution in [0.4, 0.5) is 13.6 Å². The average Bonchev–Trinajstić information content (AvgIpc) is 2.70. The number of primary amides is 1. The normalized spacial score (nSPS) is 12.2. The van der Waals surface area contributed by atoms with Crippen molar-refractivity contribution in [3.8, 4) is 17.0 Å². The van der Waals surface area contributed by atoms with Crippen LogP contribution in [0.5, 0.6) is 5.88 Å². The molecule has 2 N–H and O–H groups in total. The van der Waals surface area contributed by atoms with E-state index in [1.54, 1.807) is 39.1 Å². The van der Waals surface area contributed by atoms with Crippen molar-refractivity contribution in [3.05, 3.63) is 53.3 Å². The number of carbonyl (C=O) groups is 1. The number of rotatable bonds is 6. The second-order valence-corrected chi connectivity index (χ2v) is 10.1. The maximum atomic E-state index is 14.3. The van der Waals surface area contributed by atoms with E-state index in [2.05, 4.69) is 35.5 Å². The Bertz CT molecular complexity index is 1170. The highest BCUT2D eigenvalue weighted by atomic mass is 35.5. The van der Waals surface area contributed by atoms with Gasteiger partial charge in [0, 0.05) is 35.5 Å². The number of carbonyl (C=O) groups excluding carboxylic acids is 1. The predicted molar refractivity (Wildman–Crippen MR) is 134 cm³/mol. The van der Waals surface area contributed by atoms with Gasteiger partial charge in [0.1, 0.15) is 22.3 Å². The summed E-state index contributed by atoms with van der Waals surface area (Å²) in [4.78, 5) is 18.3. The lowest BCUT2D eigenvalue weighted by atomic mass is 10.00. The molecule has 2 heterocycles. The van der Waals surface area contributed by atoms with Crippen molar-refractivity contribution in [1.29, 1.82) is 0 Å². The van der Waals surface area contributed by atoms with E-state index in [-0.39, 0.29) is 10.9 Å². The van der Waals surface area contributed by atoms with E-state index in [1.165, 1.54) is 12.3 Å². The highest BCUT2D eigenvalue weighted by Gasteiger charge is 2.15. The first-order valence-corrected chi connectivity index (χ1v) is 11.7. The Hall–Kier alpha value is -3.00. The van der Waals surface area contributed by atoms with Gasteiger partial charge in [-0.1, -0.05) is 32.4 Å².